The molecule has 0 spiro atoms. The third-order valence-electron chi connectivity index (χ3n) is 2.82. The zero-order valence-corrected chi connectivity index (χ0v) is 14.5. The van der Waals surface area contributed by atoms with E-state index in [-0.39, 0.29) is 5.75 Å². The van der Waals surface area contributed by atoms with E-state index in [9.17, 15) is 5.11 Å². The maximum atomic E-state index is 10.2. The van der Waals surface area contributed by atoms with E-state index in [0.29, 0.717) is 9.79 Å². The molecule has 100 valence electrons. The molecule has 1 N–H and O–H groups in total. The highest BCUT2D eigenvalue weighted by atomic mass is 32.1. The minimum Gasteiger partial charge on any atom is -0.506 e. The van der Waals surface area contributed by atoms with Gasteiger partial charge in [-0.3, -0.25) is 0 Å². The lowest BCUT2D eigenvalue weighted by atomic mass is 10.3. The summed E-state index contributed by atoms with van der Waals surface area (Å²) in [6.07, 6.45) is 0. The molecule has 0 fully saturated rings. The van der Waals surface area contributed by atoms with Crippen LogP contribution >= 0.6 is 58.4 Å². The van der Waals surface area contributed by atoms with Gasteiger partial charge in [-0.1, -0.05) is 6.07 Å². The van der Waals surface area contributed by atoms with Crippen molar-refractivity contribution >= 4 is 69.0 Å². The summed E-state index contributed by atoms with van der Waals surface area (Å²) in [5.74, 6) is 0.208. The Morgan fingerprint density at radius 1 is 0.895 bits per heavy atom. The van der Waals surface area contributed by atoms with E-state index in [1.807, 2.05) is 30.3 Å². The number of phenols is 1. The van der Waals surface area contributed by atoms with Crippen molar-refractivity contribution in [1.82, 2.24) is 0 Å². The molecule has 0 bridgehead atoms. The van der Waals surface area contributed by atoms with E-state index in [1.165, 1.54) is 0 Å². The van der Waals surface area contributed by atoms with Crippen LogP contribution in [0, 0.1) is 0 Å². The minimum atomic E-state index is -0.664. The average Bonchev–Trinajstić information content (AvgIpc) is 2.39. The number of hydrogen-bond donors (Lipinski definition) is 5. The number of hydrogen-bond acceptors (Lipinski definition) is 5. The predicted octanol–water partition coefficient (Wildman–Crippen LogP) is 3.61. The number of phenolic OH excluding ortho intramolecular Hbond substituents is 1. The van der Waals surface area contributed by atoms with Crippen molar-refractivity contribution in [3.8, 4) is 5.75 Å². The number of thiol groups is 4. The smallest absolute Gasteiger partial charge is 0.137 e. The molecule has 0 aliphatic rings. The van der Waals surface area contributed by atoms with Gasteiger partial charge in [0.15, 0.2) is 0 Å². The van der Waals surface area contributed by atoms with Crippen LogP contribution in [0.25, 0.3) is 0 Å². The number of benzene rings is 2. The molecule has 6 heteroatoms. The molecule has 1 atom stereocenters. The summed E-state index contributed by atoms with van der Waals surface area (Å²) < 4.78 is 0. The van der Waals surface area contributed by atoms with Crippen LogP contribution in [0.2, 0.25) is 0 Å². The molecule has 1 unspecified atom stereocenters. The molecule has 0 aliphatic heterocycles. The summed E-state index contributed by atoms with van der Waals surface area (Å²) in [5.41, 5.74) is 0. The van der Waals surface area contributed by atoms with Gasteiger partial charge in [0, 0.05) is 20.0 Å². The Morgan fingerprint density at radius 2 is 1.53 bits per heavy atom. The molecular formula is C13H13OPS4. The van der Waals surface area contributed by atoms with Crippen molar-refractivity contribution in [2.75, 3.05) is 6.66 Å². The van der Waals surface area contributed by atoms with Crippen molar-refractivity contribution < 1.29 is 5.11 Å². The van der Waals surface area contributed by atoms with E-state index in [2.05, 4.69) is 57.2 Å². The Kier molecular flexibility index (Phi) is 5.07. The summed E-state index contributed by atoms with van der Waals surface area (Å²) >= 11 is 17.2. The van der Waals surface area contributed by atoms with E-state index in [4.69, 9.17) is 0 Å². The van der Waals surface area contributed by atoms with Crippen molar-refractivity contribution in [1.29, 1.82) is 0 Å². The first kappa shape index (κ1) is 15.5. The Labute approximate surface area is 136 Å². The molecule has 0 radical (unpaired) electrons. The number of aromatic hydroxyl groups is 1. The lowest BCUT2D eigenvalue weighted by Crippen LogP contribution is -2.12. The van der Waals surface area contributed by atoms with E-state index < -0.39 is 7.92 Å². The van der Waals surface area contributed by atoms with Crippen LogP contribution in [0.4, 0.5) is 0 Å². The quantitative estimate of drug-likeness (QED) is 0.416. The molecule has 0 amide bonds. The maximum Gasteiger partial charge on any atom is 0.137 e. The van der Waals surface area contributed by atoms with Gasteiger partial charge in [-0.25, -0.2) is 0 Å². The first-order valence-corrected chi connectivity index (χ1v) is 8.99. The van der Waals surface area contributed by atoms with Crippen molar-refractivity contribution in [2.24, 2.45) is 0 Å². The fourth-order valence-corrected chi connectivity index (χ4v) is 4.23. The lowest BCUT2D eigenvalue weighted by molar-refractivity contribution is 0.464. The fraction of sp³-hybridized carbons (Fsp3) is 0.0769. The van der Waals surface area contributed by atoms with Gasteiger partial charge in [0.25, 0.3) is 0 Å². The van der Waals surface area contributed by atoms with Crippen LogP contribution < -0.4 is 10.6 Å². The molecule has 2 aromatic carbocycles. The van der Waals surface area contributed by atoms with E-state index in [1.54, 1.807) is 0 Å². The Balaban J connectivity index is 2.47. The second-order valence-electron chi connectivity index (χ2n) is 4.03. The average molecular weight is 344 g/mol. The SMILES string of the molecule is CP(c1ccc(S)c(S)c1)c1ccc(S)c(S)c1O. The molecule has 0 saturated carbocycles. The van der Waals surface area contributed by atoms with Crippen molar-refractivity contribution in [3.63, 3.8) is 0 Å². The summed E-state index contributed by atoms with van der Waals surface area (Å²) in [6, 6.07) is 9.68. The highest BCUT2D eigenvalue weighted by molar-refractivity contribution is 7.84. The highest BCUT2D eigenvalue weighted by Crippen LogP contribution is 2.38. The summed E-state index contributed by atoms with van der Waals surface area (Å²) in [4.78, 5) is 2.88. The molecular weight excluding hydrogens is 331 g/mol. The van der Waals surface area contributed by atoms with Gasteiger partial charge in [0.05, 0.1) is 4.90 Å². The molecule has 0 heterocycles. The van der Waals surface area contributed by atoms with Gasteiger partial charge in [-0.2, -0.15) is 0 Å². The third-order valence-corrected chi connectivity index (χ3v) is 6.89. The van der Waals surface area contributed by atoms with Gasteiger partial charge >= 0.3 is 0 Å². The summed E-state index contributed by atoms with van der Waals surface area (Å²) in [6.45, 7) is 2.09. The first-order valence-electron chi connectivity index (χ1n) is 5.41. The summed E-state index contributed by atoms with van der Waals surface area (Å²) in [7, 11) is -0.664. The molecule has 2 rings (SSSR count). The molecule has 0 aliphatic carbocycles. The van der Waals surface area contributed by atoms with Crippen LogP contribution in [0.1, 0.15) is 0 Å². The Hall–Kier alpha value is 0.0700. The topological polar surface area (TPSA) is 20.2 Å². The molecule has 1 nitrogen and oxygen atoms in total. The first-order chi connectivity index (χ1) is 8.91. The van der Waals surface area contributed by atoms with Crippen LogP contribution in [-0.4, -0.2) is 11.8 Å². The third kappa shape index (κ3) is 3.22. The fourth-order valence-electron chi connectivity index (χ4n) is 1.69. The monoisotopic (exact) mass is 344 g/mol. The van der Waals surface area contributed by atoms with Crippen LogP contribution in [0.5, 0.6) is 5.75 Å². The highest BCUT2D eigenvalue weighted by Gasteiger charge is 2.16. The predicted molar refractivity (Wildman–Crippen MR) is 95.7 cm³/mol. The molecule has 0 aromatic heterocycles. The van der Waals surface area contributed by atoms with Gasteiger partial charge < -0.3 is 5.11 Å². The van der Waals surface area contributed by atoms with Crippen LogP contribution in [-0.2, 0) is 0 Å². The maximum absolute atomic E-state index is 10.2. The van der Waals surface area contributed by atoms with Gasteiger partial charge in [0.2, 0.25) is 0 Å². The van der Waals surface area contributed by atoms with Crippen molar-refractivity contribution in [2.45, 2.75) is 19.6 Å². The van der Waals surface area contributed by atoms with Gasteiger partial charge in [-0.05, 0) is 44.2 Å². The minimum absolute atomic E-state index is 0.208. The largest absolute Gasteiger partial charge is 0.506 e. The summed E-state index contributed by atoms with van der Waals surface area (Å²) in [5, 5.41) is 12.2. The molecule has 0 saturated heterocycles. The second-order valence-corrected chi connectivity index (χ2v) is 8.04. The Morgan fingerprint density at radius 3 is 2.16 bits per heavy atom. The van der Waals surface area contributed by atoms with E-state index >= 15 is 0 Å². The normalized spacial score (nSPS) is 12.5. The van der Waals surface area contributed by atoms with Crippen molar-refractivity contribution in [3.05, 3.63) is 30.3 Å². The van der Waals surface area contributed by atoms with Gasteiger partial charge in [0.1, 0.15) is 5.75 Å². The van der Waals surface area contributed by atoms with Crippen LogP contribution in [0.15, 0.2) is 49.9 Å². The lowest BCUT2D eigenvalue weighted by Gasteiger charge is -2.17. The molecule has 19 heavy (non-hydrogen) atoms. The zero-order chi connectivity index (χ0) is 14.2. The second kappa shape index (κ2) is 6.23. The molecule has 2 aromatic rings. The number of rotatable bonds is 2. The standard InChI is InChI=1S/C13H13OPS4/c1-15(7-2-4-9(16)11(18)6-7)8-3-5-10(17)13(19)12(8)14/h2-6,14,16-19H,1H3. The Bertz CT molecular complexity index is 630. The zero-order valence-electron chi connectivity index (χ0n) is 10.1. The van der Waals surface area contributed by atoms with Gasteiger partial charge in [-0.15, -0.1) is 50.5 Å². The van der Waals surface area contributed by atoms with Crippen LogP contribution in [0.3, 0.4) is 0 Å². The van der Waals surface area contributed by atoms with E-state index in [0.717, 1.165) is 20.4 Å².